The van der Waals surface area contributed by atoms with E-state index in [1.807, 2.05) is 6.07 Å². The average Bonchev–Trinajstić information content (AvgIpc) is 3.86. The van der Waals surface area contributed by atoms with Crippen molar-refractivity contribution in [2.75, 3.05) is 0 Å². The second kappa shape index (κ2) is 9.87. The molecule has 236 valence electrons. The molecule has 0 spiro atoms. The van der Waals surface area contributed by atoms with Gasteiger partial charge in [0.15, 0.2) is 5.58 Å². The minimum Gasteiger partial charge on any atom is -0.454 e. The summed E-state index contributed by atoms with van der Waals surface area (Å²) < 4.78 is 11.6. The third-order valence-corrected chi connectivity index (χ3v) is 11.1. The summed E-state index contributed by atoms with van der Waals surface area (Å²) in [5, 5.41) is 14.8. The van der Waals surface area contributed by atoms with Gasteiger partial charge in [-0.15, -0.1) is 0 Å². The Bertz CT molecular complexity index is 3390. The fourth-order valence-corrected chi connectivity index (χ4v) is 8.98. The highest BCUT2D eigenvalue weighted by molar-refractivity contribution is 6.28. The van der Waals surface area contributed by atoms with Gasteiger partial charge >= 0.3 is 0 Å². The number of nitrogens with zero attached hydrogens (tertiary/aromatic N) is 2. The van der Waals surface area contributed by atoms with Gasteiger partial charge in [0, 0.05) is 38.0 Å². The number of aromatic nitrogens is 2. The van der Waals surface area contributed by atoms with Crippen molar-refractivity contribution in [2.45, 2.75) is 0 Å². The summed E-state index contributed by atoms with van der Waals surface area (Å²) in [5.41, 5.74) is 8.70. The molecule has 3 nitrogen and oxygen atoms in total. The van der Waals surface area contributed by atoms with Crippen molar-refractivity contribution in [3.05, 3.63) is 170 Å². The van der Waals surface area contributed by atoms with Gasteiger partial charge in [-0.05, 0) is 74.8 Å². The van der Waals surface area contributed by atoms with Crippen molar-refractivity contribution >= 4 is 97.9 Å². The van der Waals surface area contributed by atoms with Crippen LogP contribution < -0.4 is 0 Å². The van der Waals surface area contributed by atoms with Crippen LogP contribution in [0.15, 0.2) is 174 Å². The summed E-state index contributed by atoms with van der Waals surface area (Å²) in [4.78, 5) is 0. The Hall–Kier alpha value is -6.84. The number of hydrogen-bond donors (Lipinski definition) is 0. The fraction of sp³-hybridized carbons (Fsp3) is 0. The zero-order valence-electron chi connectivity index (χ0n) is 27.5. The number of benzene rings is 9. The Morgan fingerprint density at radius 2 is 0.882 bits per heavy atom. The highest BCUT2D eigenvalue weighted by Crippen LogP contribution is 2.44. The first-order valence-corrected chi connectivity index (χ1v) is 17.5. The molecule has 0 radical (unpaired) electrons. The van der Waals surface area contributed by atoms with Crippen molar-refractivity contribution in [1.82, 2.24) is 9.13 Å². The van der Waals surface area contributed by atoms with E-state index < -0.39 is 0 Å². The standard InChI is InChI=1S/C48H28N2O/c1-2-14-32-30(12-1)31-13-3-4-15-33(31)40-28-29(24-25-34(32)40)49-42-21-9-6-18-39(42)46-43(49)27-26-37-35-16-5-8-20-41(35)50(47(37)46)44-22-11-19-38-36-17-7-10-23-45(36)51-48(38)44/h1-28H. The molecule has 3 aromatic heterocycles. The van der Waals surface area contributed by atoms with E-state index in [1.165, 1.54) is 70.4 Å². The normalized spacial score (nSPS) is 12.3. The van der Waals surface area contributed by atoms with Gasteiger partial charge in [0.1, 0.15) is 5.58 Å². The third kappa shape index (κ3) is 3.52. The lowest BCUT2D eigenvalue weighted by Crippen LogP contribution is -1.96. The SMILES string of the molecule is c1ccc2c(c1)oc1c(-n3c4ccccc4c4ccc5c(c6ccccc6n5-c5ccc6c7ccccc7c7ccccc7c6c5)c43)cccc12. The van der Waals surface area contributed by atoms with E-state index in [0.717, 1.165) is 38.8 Å². The lowest BCUT2D eigenvalue weighted by molar-refractivity contribution is 0.666. The molecule has 51 heavy (non-hydrogen) atoms. The maximum atomic E-state index is 6.66. The van der Waals surface area contributed by atoms with Crippen molar-refractivity contribution in [2.24, 2.45) is 0 Å². The second-order valence-electron chi connectivity index (χ2n) is 13.6. The highest BCUT2D eigenvalue weighted by Gasteiger charge is 2.23. The number of furan rings is 1. The predicted molar refractivity (Wildman–Crippen MR) is 215 cm³/mol. The van der Waals surface area contributed by atoms with E-state index in [4.69, 9.17) is 4.42 Å². The van der Waals surface area contributed by atoms with Gasteiger partial charge in [0.25, 0.3) is 0 Å². The van der Waals surface area contributed by atoms with E-state index in [1.54, 1.807) is 0 Å². The molecule has 3 heteroatoms. The first kappa shape index (κ1) is 27.0. The number of rotatable bonds is 2. The quantitative estimate of drug-likeness (QED) is 0.171. The molecule has 0 aliphatic carbocycles. The number of hydrogen-bond acceptors (Lipinski definition) is 1. The maximum absolute atomic E-state index is 6.66. The molecule has 0 aliphatic heterocycles. The molecule has 0 saturated carbocycles. The lowest BCUT2D eigenvalue weighted by Gasteiger charge is -2.14. The molecule has 12 rings (SSSR count). The summed E-state index contributed by atoms with van der Waals surface area (Å²) >= 11 is 0. The molecule has 9 aromatic carbocycles. The van der Waals surface area contributed by atoms with Crippen LogP contribution in [0.25, 0.3) is 109 Å². The minimum absolute atomic E-state index is 0.899. The summed E-state index contributed by atoms with van der Waals surface area (Å²) in [6.45, 7) is 0. The van der Waals surface area contributed by atoms with Crippen LogP contribution in [-0.4, -0.2) is 9.13 Å². The van der Waals surface area contributed by atoms with Crippen molar-refractivity contribution in [1.29, 1.82) is 0 Å². The van der Waals surface area contributed by atoms with Gasteiger partial charge < -0.3 is 13.6 Å². The topological polar surface area (TPSA) is 23.0 Å². The van der Waals surface area contributed by atoms with Crippen molar-refractivity contribution in [3.63, 3.8) is 0 Å². The molecular formula is C48H28N2O. The van der Waals surface area contributed by atoms with Crippen LogP contribution >= 0.6 is 0 Å². The molecule has 0 aliphatic rings. The first-order valence-electron chi connectivity index (χ1n) is 17.5. The molecular weight excluding hydrogens is 621 g/mol. The van der Waals surface area contributed by atoms with Gasteiger partial charge in [-0.25, -0.2) is 0 Å². The molecule has 0 amide bonds. The summed E-state index contributed by atoms with van der Waals surface area (Å²) in [6, 6.07) is 61.7. The van der Waals surface area contributed by atoms with Crippen LogP contribution in [-0.2, 0) is 0 Å². The Labute approximate surface area is 291 Å². The predicted octanol–water partition coefficient (Wildman–Crippen LogP) is 13.2. The summed E-state index contributed by atoms with van der Waals surface area (Å²) in [6.07, 6.45) is 0. The van der Waals surface area contributed by atoms with Crippen LogP contribution in [0.3, 0.4) is 0 Å². The van der Waals surface area contributed by atoms with Crippen LogP contribution in [0.4, 0.5) is 0 Å². The fourth-order valence-electron chi connectivity index (χ4n) is 8.98. The van der Waals surface area contributed by atoms with Crippen LogP contribution in [0.5, 0.6) is 0 Å². The number of para-hydroxylation sites is 4. The van der Waals surface area contributed by atoms with E-state index in [9.17, 15) is 0 Å². The summed E-state index contributed by atoms with van der Waals surface area (Å²) in [5.74, 6) is 0. The minimum atomic E-state index is 0.899. The molecule has 0 N–H and O–H groups in total. The number of fused-ring (bicyclic) bond motifs is 16. The Morgan fingerprint density at radius 1 is 0.333 bits per heavy atom. The van der Waals surface area contributed by atoms with Crippen LogP contribution in [0.1, 0.15) is 0 Å². The summed E-state index contributed by atoms with van der Waals surface area (Å²) in [7, 11) is 0. The Balaban J connectivity index is 1.24. The first-order chi connectivity index (χ1) is 25.3. The average molecular weight is 649 g/mol. The zero-order valence-corrected chi connectivity index (χ0v) is 27.5. The van der Waals surface area contributed by atoms with E-state index in [-0.39, 0.29) is 0 Å². The van der Waals surface area contributed by atoms with Crippen molar-refractivity contribution in [3.8, 4) is 11.4 Å². The molecule has 0 unspecified atom stereocenters. The largest absolute Gasteiger partial charge is 0.454 e. The van der Waals surface area contributed by atoms with Crippen LogP contribution in [0, 0.1) is 0 Å². The monoisotopic (exact) mass is 648 g/mol. The van der Waals surface area contributed by atoms with Crippen molar-refractivity contribution < 1.29 is 4.42 Å². The van der Waals surface area contributed by atoms with Gasteiger partial charge in [-0.3, -0.25) is 0 Å². The van der Waals surface area contributed by atoms with Gasteiger partial charge in [0.2, 0.25) is 0 Å². The van der Waals surface area contributed by atoms with E-state index in [2.05, 4.69) is 173 Å². The molecule has 0 fully saturated rings. The molecule has 12 aromatic rings. The maximum Gasteiger partial charge on any atom is 0.159 e. The molecule has 0 bridgehead atoms. The van der Waals surface area contributed by atoms with Gasteiger partial charge in [-0.2, -0.15) is 0 Å². The molecule has 0 atom stereocenters. The lowest BCUT2D eigenvalue weighted by atomic mass is 9.94. The Kier molecular flexibility index (Phi) is 5.23. The van der Waals surface area contributed by atoms with E-state index >= 15 is 0 Å². The second-order valence-corrected chi connectivity index (χ2v) is 13.6. The third-order valence-electron chi connectivity index (χ3n) is 11.1. The smallest absolute Gasteiger partial charge is 0.159 e. The zero-order chi connectivity index (χ0) is 33.2. The highest BCUT2D eigenvalue weighted by atomic mass is 16.3. The molecule has 3 heterocycles. The van der Waals surface area contributed by atoms with Crippen LogP contribution in [0.2, 0.25) is 0 Å². The van der Waals surface area contributed by atoms with Gasteiger partial charge in [0.05, 0.1) is 27.8 Å². The molecule has 0 saturated heterocycles. The Morgan fingerprint density at radius 3 is 1.63 bits per heavy atom. The van der Waals surface area contributed by atoms with Gasteiger partial charge in [-0.1, -0.05) is 127 Å². The van der Waals surface area contributed by atoms with E-state index in [0.29, 0.717) is 0 Å².